The minimum Gasteiger partial charge on any atom is -0.481 e. The summed E-state index contributed by atoms with van der Waals surface area (Å²) in [5.41, 5.74) is 0.592. The minimum absolute atomic E-state index is 0.0493. The van der Waals surface area contributed by atoms with E-state index in [9.17, 15) is 9.59 Å². The van der Waals surface area contributed by atoms with Crippen molar-refractivity contribution in [2.45, 2.75) is 52.8 Å². The first-order valence-electron chi connectivity index (χ1n) is 7.70. The molecule has 0 saturated heterocycles. The first-order chi connectivity index (χ1) is 10.8. The Balaban J connectivity index is 2.71. The molecule has 0 aliphatic heterocycles. The molecule has 0 aliphatic carbocycles. The molecule has 0 bridgehead atoms. The molecule has 1 atom stereocenters. The van der Waals surface area contributed by atoms with Crippen LogP contribution in [0, 0.1) is 0 Å². The lowest BCUT2D eigenvalue weighted by molar-refractivity contribution is -0.141. The monoisotopic (exact) mass is 322 g/mol. The van der Waals surface area contributed by atoms with E-state index in [0.717, 1.165) is 0 Å². The number of hydrogen-bond acceptors (Lipinski definition) is 4. The van der Waals surface area contributed by atoms with Gasteiger partial charge in [0, 0.05) is 17.8 Å². The van der Waals surface area contributed by atoms with Gasteiger partial charge in [-0.1, -0.05) is 0 Å². The first-order valence-corrected chi connectivity index (χ1v) is 7.70. The van der Waals surface area contributed by atoms with Gasteiger partial charge in [-0.05, 0) is 58.9 Å². The summed E-state index contributed by atoms with van der Waals surface area (Å²) < 4.78 is 10.2. The van der Waals surface area contributed by atoms with Crippen molar-refractivity contribution >= 4 is 17.7 Å². The second-order valence-electron chi connectivity index (χ2n) is 5.83. The second-order valence-corrected chi connectivity index (χ2v) is 5.83. The molecule has 0 aromatic heterocycles. The molecule has 0 aliphatic rings. The number of nitrogens with one attached hydrogen (secondary N) is 1. The van der Waals surface area contributed by atoms with Crippen LogP contribution in [0.4, 0.5) is 10.5 Å². The molecular formula is C17H26N2O4. The molecular weight excluding hydrogens is 296 g/mol. The summed E-state index contributed by atoms with van der Waals surface area (Å²) in [5, 5.41) is 2.55. The Morgan fingerprint density at radius 3 is 1.96 bits per heavy atom. The molecule has 0 spiro atoms. The average Bonchev–Trinajstić information content (AvgIpc) is 2.48. The summed E-state index contributed by atoms with van der Waals surface area (Å²) in [7, 11) is 1.30. The van der Waals surface area contributed by atoms with Crippen LogP contribution < -0.4 is 10.1 Å². The van der Waals surface area contributed by atoms with E-state index in [1.165, 1.54) is 7.11 Å². The predicted molar refractivity (Wildman–Crippen MR) is 89.7 cm³/mol. The summed E-state index contributed by atoms with van der Waals surface area (Å²) >= 11 is 0. The highest BCUT2D eigenvalue weighted by molar-refractivity contribution is 5.84. The van der Waals surface area contributed by atoms with Crippen molar-refractivity contribution < 1.29 is 19.1 Å². The molecule has 0 heterocycles. The Bertz CT molecular complexity index is 518. The molecule has 0 saturated carbocycles. The maximum atomic E-state index is 12.5. The van der Waals surface area contributed by atoms with Crippen molar-refractivity contribution in [2.75, 3.05) is 12.4 Å². The van der Waals surface area contributed by atoms with Crippen LogP contribution in [0.1, 0.15) is 34.6 Å². The maximum absolute atomic E-state index is 12.5. The van der Waals surface area contributed by atoms with Crippen LogP contribution in [-0.2, 0) is 9.53 Å². The maximum Gasteiger partial charge on any atom is 0.411 e. The fourth-order valence-corrected chi connectivity index (χ4v) is 2.36. The summed E-state index contributed by atoms with van der Waals surface area (Å²) in [6.07, 6.45) is -1.12. The van der Waals surface area contributed by atoms with Gasteiger partial charge in [-0.2, -0.15) is 0 Å². The van der Waals surface area contributed by atoms with Crippen molar-refractivity contribution in [2.24, 2.45) is 0 Å². The van der Waals surface area contributed by atoms with E-state index in [0.29, 0.717) is 11.4 Å². The Morgan fingerprint density at radius 1 is 1.00 bits per heavy atom. The fraction of sp³-hybridized carbons (Fsp3) is 0.529. The molecule has 128 valence electrons. The lowest BCUT2D eigenvalue weighted by Crippen LogP contribution is -2.47. The third-order valence-corrected chi connectivity index (χ3v) is 3.31. The molecule has 1 rings (SSSR count). The number of anilines is 1. The largest absolute Gasteiger partial charge is 0.481 e. The molecule has 23 heavy (non-hydrogen) atoms. The molecule has 6 nitrogen and oxygen atoms in total. The van der Waals surface area contributed by atoms with Crippen LogP contribution >= 0.6 is 0 Å². The number of hydrogen-bond donors (Lipinski definition) is 1. The van der Waals surface area contributed by atoms with Crippen molar-refractivity contribution in [3.8, 4) is 5.75 Å². The van der Waals surface area contributed by atoms with Gasteiger partial charge < -0.3 is 14.4 Å². The van der Waals surface area contributed by atoms with Gasteiger partial charge in [0.15, 0.2) is 6.10 Å². The topological polar surface area (TPSA) is 67.9 Å². The molecule has 0 radical (unpaired) electrons. The number of rotatable bonds is 6. The van der Waals surface area contributed by atoms with Crippen LogP contribution in [0.15, 0.2) is 24.3 Å². The molecule has 1 unspecified atom stereocenters. The van der Waals surface area contributed by atoms with E-state index in [4.69, 9.17) is 4.74 Å². The van der Waals surface area contributed by atoms with Gasteiger partial charge in [0.2, 0.25) is 0 Å². The highest BCUT2D eigenvalue weighted by atomic mass is 16.5. The van der Waals surface area contributed by atoms with Crippen LogP contribution in [-0.4, -0.2) is 42.2 Å². The van der Waals surface area contributed by atoms with Gasteiger partial charge in [-0.25, -0.2) is 4.79 Å². The average molecular weight is 322 g/mol. The lowest BCUT2D eigenvalue weighted by Gasteiger charge is -2.33. The number of methoxy groups -OCH3 is 1. The fourth-order valence-electron chi connectivity index (χ4n) is 2.36. The molecule has 1 N–H and O–H groups in total. The van der Waals surface area contributed by atoms with Crippen LogP contribution in [0.2, 0.25) is 0 Å². The molecule has 2 amide bonds. The number of amides is 2. The Kier molecular flexibility index (Phi) is 6.88. The Morgan fingerprint density at radius 2 is 1.52 bits per heavy atom. The zero-order valence-electron chi connectivity index (χ0n) is 14.6. The quantitative estimate of drug-likeness (QED) is 0.873. The van der Waals surface area contributed by atoms with E-state index in [1.54, 1.807) is 36.1 Å². The van der Waals surface area contributed by atoms with Crippen LogP contribution in [0.5, 0.6) is 5.75 Å². The molecule has 6 heteroatoms. The number of nitrogens with zero attached hydrogens (tertiary/aromatic N) is 1. The van der Waals surface area contributed by atoms with Gasteiger partial charge in [-0.15, -0.1) is 0 Å². The van der Waals surface area contributed by atoms with Gasteiger partial charge >= 0.3 is 6.09 Å². The zero-order chi connectivity index (χ0) is 17.6. The minimum atomic E-state index is -0.584. The van der Waals surface area contributed by atoms with Gasteiger partial charge in [0.1, 0.15) is 5.75 Å². The smallest absolute Gasteiger partial charge is 0.411 e. The van der Waals surface area contributed by atoms with Crippen molar-refractivity contribution in [3.05, 3.63) is 24.3 Å². The predicted octanol–water partition coefficient (Wildman–Crippen LogP) is 3.28. The molecule has 1 aromatic rings. The number of ether oxygens (including phenoxy) is 2. The third-order valence-electron chi connectivity index (χ3n) is 3.31. The van der Waals surface area contributed by atoms with E-state index in [1.807, 2.05) is 27.7 Å². The highest BCUT2D eigenvalue weighted by Crippen LogP contribution is 2.18. The van der Waals surface area contributed by atoms with E-state index >= 15 is 0 Å². The standard InChI is InChI=1S/C17H26N2O4/c1-11(2)19(12(3)4)16(20)13(5)23-15-9-7-14(8-10-15)18-17(21)22-6/h7-13H,1-6H3,(H,18,21). The van der Waals surface area contributed by atoms with Crippen LogP contribution in [0.25, 0.3) is 0 Å². The SMILES string of the molecule is COC(=O)Nc1ccc(OC(C)C(=O)N(C(C)C)C(C)C)cc1. The summed E-state index contributed by atoms with van der Waals surface area (Å²) in [5.74, 6) is 0.514. The highest BCUT2D eigenvalue weighted by Gasteiger charge is 2.26. The van der Waals surface area contributed by atoms with Crippen molar-refractivity contribution in [1.29, 1.82) is 0 Å². The van der Waals surface area contributed by atoms with Gasteiger partial charge in [0.25, 0.3) is 5.91 Å². The summed E-state index contributed by atoms with van der Waals surface area (Å²) in [4.78, 5) is 25.4. The Hall–Kier alpha value is -2.24. The third kappa shape index (κ3) is 5.47. The van der Waals surface area contributed by atoms with Gasteiger partial charge in [0.05, 0.1) is 7.11 Å². The van der Waals surface area contributed by atoms with E-state index in [2.05, 4.69) is 10.1 Å². The Labute approximate surface area is 137 Å². The lowest BCUT2D eigenvalue weighted by atomic mass is 10.2. The normalized spacial score (nSPS) is 12.0. The van der Waals surface area contributed by atoms with E-state index in [-0.39, 0.29) is 18.0 Å². The van der Waals surface area contributed by atoms with Gasteiger partial charge in [-0.3, -0.25) is 10.1 Å². The molecule has 1 aromatic carbocycles. The zero-order valence-corrected chi connectivity index (χ0v) is 14.6. The number of carbonyl (C=O) groups is 2. The van der Waals surface area contributed by atoms with E-state index < -0.39 is 12.2 Å². The summed E-state index contributed by atoms with van der Waals surface area (Å²) in [6.45, 7) is 9.67. The second kappa shape index (κ2) is 8.41. The summed E-state index contributed by atoms with van der Waals surface area (Å²) in [6, 6.07) is 6.99. The number of carbonyl (C=O) groups excluding carboxylic acids is 2. The number of benzene rings is 1. The first kappa shape index (κ1) is 18.8. The molecule has 0 fully saturated rings. The van der Waals surface area contributed by atoms with Crippen molar-refractivity contribution in [3.63, 3.8) is 0 Å². The van der Waals surface area contributed by atoms with Crippen molar-refractivity contribution in [1.82, 2.24) is 4.90 Å². The van der Waals surface area contributed by atoms with Crippen LogP contribution in [0.3, 0.4) is 0 Å².